The summed E-state index contributed by atoms with van der Waals surface area (Å²) in [7, 11) is 1.17. The summed E-state index contributed by atoms with van der Waals surface area (Å²) in [4.78, 5) is 38.2. The van der Waals surface area contributed by atoms with Gasteiger partial charge >= 0.3 is 11.9 Å². The number of allylic oxidation sites excluding steroid dienone is 28. The molecule has 0 rings (SSSR count). The molecule has 0 fully saturated rings. The van der Waals surface area contributed by atoms with E-state index in [-0.39, 0.29) is 32.0 Å². The highest BCUT2D eigenvalue weighted by Crippen LogP contribution is 2.38. The van der Waals surface area contributed by atoms with Crippen molar-refractivity contribution in [2.24, 2.45) is 0 Å². The highest BCUT2D eigenvalue weighted by Gasteiger charge is 2.22. The molecular weight excluding hydrogens is 1280 g/mol. The van der Waals surface area contributed by atoms with Crippen LogP contribution < -0.4 is 4.89 Å². The van der Waals surface area contributed by atoms with E-state index in [2.05, 4.69) is 184 Å². The van der Waals surface area contributed by atoms with Gasteiger partial charge in [0.05, 0.1) is 27.7 Å². The number of ether oxygens (including phenoxy) is 2. The van der Waals surface area contributed by atoms with Gasteiger partial charge in [-0.2, -0.15) is 0 Å². The van der Waals surface area contributed by atoms with Crippen LogP contribution in [-0.4, -0.2) is 70.0 Å². The van der Waals surface area contributed by atoms with Crippen molar-refractivity contribution in [3.05, 3.63) is 170 Å². The highest BCUT2D eigenvalue weighted by molar-refractivity contribution is 7.45. The van der Waals surface area contributed by atoms with Crippen LogP contribution in [0.25, 0.3) is 0 Å². The molecule has 0 aliphatic heterocycles. The summed E-state index contributed by atoms with van der Waals surface area (Å²) in [6.45, 7) is 4.04. The van der Waals surface area contributed by atoms with Crippen molar-refractivity contribution in [2.45, 2.75) is 354 Å². The molecule has 2 atom stereocenters. The zero-order chi connectivity index (χ0) is 74.0. The summed E-state index contributed by atoms with van der Waals surface area (Å²) in [6, 6.07) is 0. The second-order valence-electron chi connectivity index (χ2n) is 28.7. The number of hydrogen-bond acceptors (Lipinski definition) is 8. The zero-order valence-electron chi connectivity index (χ0n) is 66.5. The third-order valence-corrected chi connectivity index (χ3v) is 18.7. The first-order chi connectivity index (χ1) is 50.0. The number of phosphoric acid groups is 1. The average molecular weight is 1440 g/mol. The maximum Gasteiger partial charge on any atom is 0.306 e. The van der Waals surface area contributed by atoms with Crippen LogP contribution in [0.1, 0.15) is 348 Å². The molecule has 10 heteroatoms. The van der Waals surface area contributed by atoms with Crippen LogP contribution in [0.2, 0.25) is 0 Å². The fourth-order valence-electron chi connectivity index (χ4n) is 11.4. The Balaban J connectivity index is 3.97. The van der Waals surface area contributed by atoms with E-state index in [9.17, 15) is 19.0 Å². The van der Waals surface area contributed by atoms with Gasteiger partial charge in [0.1, 0.15) is 19.8 Å². The van der Waals surface area contributed by atoms with Gasteiger partial charge in [-0.25, -0.2) is 0 Å². The molecule has 0 saturated heterocycles. The number of carbonyl (C=O) groups is 2. The molecule has 0 aliphatic rings. The molecule has 0 aromatic rings. The van der Waals surface area contributed by atoms with Crippen LogP contribution in [0.5, 0.6) is 0 Å². The number of hydrogen-bond donors (Lipinski definition) is 0. The lowest BCUT2D eigenvalue weighted by molar-refractivity contribution is -0.870. The van der Waals surface area contributed by atoms with Crippen LogP contribution in [-0.2, 0) is 32.7 Å². The van der Waals surface area contributed by atoms with Crippen molar-refractivity contribution in [3.63, 3.8) is 0 Å². The number of rotatable bonds is 76. The van der Waals surface area contributed by atoms with E-state index >= 15 is 0 Å². The van der Waals surface area contributed by atoms with Crippen molar-refractivity contribution in [1.82, 2.24) is 0 Å². The van der Waals surface area contributed by atoms with E-state index in [0.29, 0.717) is 17.4 Å². The molecule has 0 aromatic carbocycles. The van der Waals surface area contributed by atoms with Crippen molar-refractivity contribution in [1.29, 1.82) is 0 Å². The number of nitrogens with zero attached hydrogens (tertiary/aromatic N) is 1. The van der Waals surface area contributed by atoms with Gasteiger partial charge in [0.15, 0.2) is 6.10 Å². The molecule has 0 aromatic heterocycles. The largest absolute Gasteiger partial charge is 0.756 e. The minimum atomic E-state index is -4.65. The molecule has 9 nitrogen and oxygen atoms in total. The van der Waals surface area contributed by atoms with Crippen LogP contribution >= 0.6 is 7.82 Å². The minimum Gasteiger partial charge on any atom is -0.756 e. The maximum atomic E-state index is 12.9. The lowest BCUT2D eigenvalue weighted by atomic mass is 10.0. The molecule has 0 saturated carbocycles. The summed E-state index contributed by atoms with van der Waals surface area (Å²) in [6.07, 6.45) is 122. The molecular formula is C92H156NO8P. The predicted molar refractivity (Wildman–Crippen MR) is 443 cm³/mol. The summed E-state index contributed by atoms with van der Waals surface area (Å²) in [5.74, 6) is -0.826. The van der Waals surface area contributed by atoms with E-state index in [1.54, 1.807) is 0 Å². The van der Waals surface area contributed by atoms with E-state index < -0.39 is 26.5 Å². The van der Waals surface area contributed by atoms with Gasteiger partial charge < -0.3 is 27.9 Å². The van der Waals surface area contributed by atoms with Gasteiger partial charge in [-0.15, -0.1) is 0 Å². The van der Waals surface area contributed by atoms with Crippen LogP contribution in [0.4, 0.5) is 0 Å². The topological polar surface area (TPSA) is 111 Å². The lowest BCUT2D eigenvalue weighted by Crippen LogP contribution is -2.37. The van der Waals surface area contributed by atoms with E-state index in [0.717, 1.165) is 128 Å². The fourth-order valence-corrected chi connectivity index (χ4v) is 12.2. The van der Waals surface area contributed by atoms with Crippen molar-refractivity contribution in [2.75, 3.05) is 47.5 Å². The smallest absolute Gasteiger partial charge is 0.306 e. The Morgan fingerprint density at radius 1 is 0.304 bits per heavy atom. The number of carbonyl (C=O) groups excluding carboxylic acids is 2. The second-order valence-corrected chi connectivity index (χ2v) is 30.1. The molecule has 582 valence electrons. The Morgan fingerprint density at radius 3 is 0.784 bits per heavy atom. The zero-order valence-corrected chi connectivity index (χ0v) is 67.4. The van der Waals surface area contributed by atoms with Gasteiger partial charge in [-0.3, -0.25) is 14.2 Å². The maximum absolute atomic E-state index is 12.9. The molecule has 102 heavy (non-hydrogen) atoms. The second kappa shape index (κ2) is 80.5. The van der Waals surface area contributed by atoms with Gasteiger partial charge in [0.25, 0.3) is 7.82 Å². The Labute approximate surface area is 629 Å². The molecule has 0 aliphatic carbocycles. The van der Waals surface area contributed by atoms with Gasteiger partial charge in [0.2, 0.25) is 0 Å². The Kier molecular flexibility index (Phi) is 76.8. The number of quaternary nitrogens is 1. The van der Waals surface area contributed by atoms with E-state index in [1.165, 1.54) is 186 Å². The first kappa shape index (κ1) is 97.4. The standard InChI is InChI=1S/C92H156NO8P/c1-6-8-10-12-14-16-18-20-22-24-26-28-30-32-34-36-38-40-42-44-45-46-47-49-51-53-55-57-59-61-63-65-67-69-71-73-75-77-79-81-83-85-92(95)101-90(89-100-102(96,97)99-87-86-93(3,4)5)88-98-91(94)84-82-80-78-76-74-72-70-68-66-64-62-60-58-56-54-52-50-48-43-41-39-37-35-33-31-29-27-25-23-21-19-17-15-13-11-9-7-2/h8-11,14-17,20-23,26-29,32-35,38-41,44-45,47,49,90H,6-7,12-13,18-19,24-25,30-31,36-37,42-43,46,48,50-89H2,1-5H3/b10-8-,11-9-,16-14-,17-15-,22-20-,23-21-,28-26-,29-27-,34-32-,35-33-,40-38-,41-39-,45-44-,49-47-. The Bertz CT molecular complexity index is 2340. The Hall–Kier alpha value is -4.63. The summed E-state index contributed by atoms with van der Waals surface area (Å²) in [5.41, 5.74) is 0. The molecule has 0 amide bonds. The summed E-state index contributed by atoms with van der Waals surface area (Å²) in [5, 5.41) is 0. The predicted octanol–water partition coefficient (Wildman–Crippen LogP) is 27.8. The molecule has 0 N–H and O–H groups in total. The number of esters is 2. The van der Waals surface area contributed by atoms with Crippen LogP contribution in [0, 0.1) is 0 Å². The first-order valence-corrected chi connectivity index (χ1v) is 43.3. The molecule has 0 spiro atoms. The third-order valence-electron chi connectivity index (χ3n) is 17.7. The average Bonchev–Trinajstić information content (AvgIpc) is 0.916. The minimum absolute atomic E-state index is 0.0350. The lowest BCUT2D eigenvalue weighted by Gasteiger charge is -2.28. The number of likely N-dealkylation sites (N-methyl/N-ethyl adjacent to an activating group) is 1. The normalized spacial score (nSPS) is 13.9. The van der Waals surface area contributed by atoms with Crippen LogP contribution in [0.15, 0.2) is 170 Å². The quantitative estimate of drug-likeness (QED) is 0.0195. The van der Waals surface area contributed by atoms with Crippen molar-refractivity contribution in [3.8, 4) is 0 Å². The first-order valence-electron chi connectivity index (χ1n) is 41.8. The fraction of sp³-hybridized carbons (Fsp3) is 0.674. The molecule has 2 unspecified atom stereocenters. The van der Waals surface area contributed by atoms with Gasteiger partial charge in [-0.05, 0) is 128 Å². The van der Waals surface area contributed by atoms with Gasteiger partial charge in [-0.1, -0.05) is 377 Å². The molecule has 0 heterocycles. The highest BCUT2D eigenvalue weighted by atomic mass is 31.2. The monoisotopic (exact) mass is 1430 g/mol. The summed E-state index contributed by atoms with van der Waals surface area (Å²) >= 11 is 0. The van der Waals surface area contributed by atoms with Crippen LogP contribution in [0.3, 0.4) is 0 Å². The van der Waals surface area contributed by atoms with Crippen molar-refractivity contribution >= 4 is 19.8 Å². The third kappa shape index (κ3) is 84.3. The number of phosphoric ester groups is 1. The Morgan fingerprint density at radius 2 is 0.529 bits per heavy atom. The van der Waals surface area contributed by atoms with E-state index in [1.807, 2.05) is 21.1 Å². The van der Waals surface area contributed by atoms with Gasteiger partial charge in [0, 0.05) is 12.8 Å². The SMILES string of the molecule is CC/C=C\C/C=C\C/C=C\C/C=C\C/C=C\C/C=C\C/C=C\C/C=C\CCCCCCCCCCCCCCCCCCC(=O)OC(COC(=O)CCCCCCCCCCCCCCCCCCCC/C=C\C/C=C\C/C=C\C/C=C\C/C=C\C/C=C\CC)COP(=O)([O-])OCC[N+](C)(C)C. The summed E-state index contributed by atoms with van der Waals surface area (Å²) < 4.78 is 34.5. The van der Waals surface area contributed by atoms with Crippen molar-refractivity contribution < 1.29 is 42.1 Å². The molecule has 0 radical (unpaired) electrons. The number of unbranched alkanes of at least 4 members (excludes halogenated alkanes) is 34. The molecule has 0 bridgehead atoms. The van der Waals surface area contributed by atoms with E-state index in [4.69, 9.17) is 18.5 Å².